The van der Waals surface area contributed by atoms with Gasteiger partial charge in [-0.15, -0.1) is 0 Å². The lowest BCUT2D eigenvalue weighted by Crippen LogP contribution is -1.97. The maximum Gasteiger partial charge on any atom is 0.337 e. The van der Waals surface area contributed by atoms with Gasteiger partial charge in [-0.2, -0.15) is 0 Å². The van der Waals surface area contributed by atoms with Gasteiger partial charge in [0.05, 0.1) is 22.5 Å². The van der Waals surface area contributed by atoms with Gasteiger partial charge in [0.25, 0.3) is 0 Å². The summed E-state index contributed by atoms with van der Waals surface area (Å²) in [6.07, 6.45) is 1.66. The number of rotatable bonds is 2. The maximum atomic E-state index is 10.9. The molecule has 1 heterocycles. The van der Waals surface area contributed by atoms with Gasteiger partial charge in [-0.1, -0.05) is 17.7 Å². The van der Waals surface area contributed by atoms with Crippen molar-refractivity contribution >= 4 is 17.6 Å². The molecule has 0 unspecified atom stereocenters. The number of carbonyl (C=O) groups is 1. The molecular formula is C11H9ClN2O2. The lowest BCUT2D eigenvalue weighted by Gasteiger charge is -2.02. The Bertz CT molecular complexity index is 549. The fourth-order valence-corrected chi connectivity index (χ4v) is 1.62. The Morgan fingerprint density at radius 1 is 1.50 bits per heavy atom. The van der Waals surface area contributed by atoms with E-state index in [0.29, 0.717) is 0 Å². The Morgan fingerprint density at radius 2 is 2.25 bits per heavy atom. The average Bonchev–Trinajstić information content (AvgIpc) is 2.65. The Labute approximate surface area is 96.9 Å². The first kappa shape index (κ1) is 10.7. The zero-order valence-corrected chi connectivity index (χ0v) is 9.25. The summed E-state index contributed by atoms with van der Waals surface area (Å²) in [6, 6.07) is 4.84. The number of hydrogen-bond donors (Lipinski definition) is 2. The predicted octanol–water partition coefficient (Wildman–Crippen LogP) is 2.74. The van der Waals surface area contributed by atoms with Crippen molar-refractivity contribution in [3.8, 4) is 11.3 Å². The van der Waals surface area contributed by atoms with Crippen LogP contribution in [0.2, 0.25) is 5.02 Å². The van der Waals surface area contributed by atoms with E-state index in [-0.39, 0.29) is 10.6 Å². The number of aromatic amines is 1. The first-order valence-corrected chi connectivity index (χ1v) is 5.00. The van der Waals surface area contributed by atoms with Gasteiger partial charge in [0, 0.05) is 5.56 Å². The number of carboxylic acids is 1. The number of aromatic nitrogens is 2. The lowest BCUT2D eigenvalue weighted by atomic mass is 10.1. The summed E-state index contributed by atoms with van der Waals surface area (Å²) in [5.74, 6) is -0.259. The molecule has 0 aliphatic carbocycles. The molecule has 0 saturated heterocycles. The molecular weight excluding hydrogens is 228 g/mol. The number of nitrogens with one attached hydrogen (secondary N) is 1. The van der Waals surface area contributed by atoms with Crippen molar-refractivity contribution in [3.63, 3.8) is 0 Å². The standard InChI is InChI=1S/C11H9ClN2O2/c1-6-13-5-10(14-6)7-2-3-9(12)8(4-7)11(15)16/h2-5H,1H3,(H,13,14)(H,15,16). The third kappa shape index (κ3) is 1.92. The Kier molecular flexibility index (Phi) is 2.66. The number of imidazole rings is 1. The van der Waals surface area contributed by atoms with Gasteiger partial charge in [-0.05, 0) is 19.1 Å². The summed E-state index contributed by atoms with van der Waals surface area (Å²) in [4.78, 5) is 18.0. The number of aromatic carboxylic acids is 1. The second kappa shape index (κ2) is 3.98. The van der Waals surface area contributed by atoms with Crippen LogP contribution in [-0.4, -0.2) is 21.0 Å². The van der Waals surface area contributed by atoms with Gasteiger partial charge in [0.1, 0.15) is 5.82 Å². The van der Waals surface area contributed by atoms with Gasteiger partial charge >= 0.3 is 5.97 Å². The highest BCUT2D eigenvalue weighted by atomic mass is 35.5. The quantitative estimate of drug-likeness (QED) is 0.843. The number of hydrogen-bond acceptors (Lipinski definition) is 2. The highest BCUT2D eigenvalue weighted by Gasteiger charge is 2.10. The van der Waals surface area contributed by atoms with E-state index >= 15 is 0 Å². The summed E-state index contributed by atoms with van der Waals surface area (Å²) in [5, 5.41) is 9.16. The molecule has 0 amide bonds. The smallest absolute Gasteiger partial charge is 0.337 e. The molecule has 0 atom stereocenters. The van der Waals surface area contributed by atoms with Crippen LogP contribution in [0, 0.1) is 6.92 Å². The van der Waals surface area contributed by atoms with Gasteiger partial charge in [0.2, 0.25) is 0 Å². The first-order chi connectivity index (χ1) is 7.58. The fraction of sp³-hybridized carbons (Fsp3) is 0.0909. The number of H-pyrrole nitrogens is 1. The zero-order valence-electron chi connectivity index (χ0n) is 8.49. The van der Waals surface area contributed by atoms with Crippen molar-refractivity contribution in [3.05, 3.63) is 40.8 Å². The fourth-order valence-electron chi connectivity index (χ4n) is 1.42. The van der Waals surface area contributed by atoms with E-state index in [1.165, 1.54) is 6.07 Å². The normalized spacial score (nSPS) is 10.4. The SMILES string of the molecule is Cc1ncc(-c2ccc(Cl)c(C(=O)O)c2)[nH]1. The van der Waals surface area contributed by atoms with Crippen molar-refractivity contribution in [1.29, 1.82) is 0 Å². The van der Waals surface area contributed by atoms with E-state index in [0.717, 1.165) is 17.1 Å². The number of aryl methyl sites for hydroxylation is 1. The molecule has 0 aliphatic rings. The van der Waals surface area contributed by atoms with Crippen molar-refractivity contribution in [2.75, 3.05) is 0 Å². The molecule has 82 valence electrons. The van der Waals surface area contributed by atoms with E-state index in [1.807, 2.05) is 6.92 Å². The van der Waals surface area contributed by atoms with Crippen molar-refractivity contribution < 1.29 is 9.90 Å². The predicted molar refractivity (Wildman–Crippen MR) is 60.7 cm³/mol. The molecule has 2 rings (SSSR count). The van der Waals surface area contributed by atoms with Gasteiger partial charge in [0.15, 0.2) is 0 Å². The molecule has 2 aromatic rings. The number of halogens is 1. The third-order valence-corrected chi connectivity index (χ3v) is 2.54. The lowest BCUT2D eigenvalue weighted by molar-refractivity contribution is 0.0697. The summed E-state index contributed by atoms with van der Waals surface area (Å²) >= 11 is 5.78. The summed E-state index contributed by atoms with van der Waals surface area (Å²) < 4.78 is 0. The Hall–Kier alpha value is -1.81. The monoisotopic (exact) mass is 236 g/mol. The Balaban J connectivity index is 2.51. The highest BCUT2D eigenvalue weighted by molar-refractivity contribution is 6.33. The summed E-state index contributed by atoms with van der Waals surface area (Å²) in [6.45, 7) is 1.83. The third-order valence-electron chi connectivity index (χ3n) is 2.21. The van der Waals surface area contributed by atoms with Crippen LogP contribution in [0.15, 0.2) is 24.4 Å². The van der Waals surface area contributed by atoms with Crippen molar-refractivity contribution in [2.24, 2.45) is 0 Å². The van der Waals surface area contributed by atoms with Crippen LogP contribution >= 0.6 is 11.6 Å². The van der Waals surface area contributed by atoms with Gasteiger partial charge in [-0.3, -0.25) is 0 Å². The minimum atomic E-state index is -1.04. The van der Waals surface area contributed by atoms with Crippen molar-refractivity contribution in [2.45, 2.75) is 6.92 Å². The van der Waals surface area contributed by atoms with Crippen LogP contribution in [0.25, 0.3) is 11.3 Å². The number of carboxylic acid groups (broad SMARTS) is 1. The van der Waals surface area contributed by atoms with E-state index in [9.17, 15) is 4.79 Å². The van der Waals surface area contributed by atoms with E-state index < -0.39 is 5.97 Å². The van der Waals surface area contributed by atoms with Crippen LogP contribution < -0.4 is 0 Å². The van der Waals surface area contributed by atoms with E-state index in [1.54, 1.807) is 18.3 Å². The van der Waals surface area contributed by atoms with E-state index in [2.05, 4.69) is 9.97 Å². The molecule has 2 N–H and O–H groups in total. The maximum absolute atomic E-state index is 10.9. The summed E-state index contributed by atoms with van der Waals surface area (Å²) in [7, 11) is 0. The van der Waals surface area contributed by atoms with Gasteiger partial charge in [-0.25, -0.2) is 9.78 Å². The highest BCUT2D eigenvalue weighted by Crippen LogP contribution is 2.24. The van der Waals surface area contributed by atoms with Crippen LogP contribution in [0.1, 0.15) is 16.2 Å². The molecule has 0 bridgehead atoms. The van der Waals surface area contributed by atoms with Crippen LogP contribution in [-0.2, 0) is 0 Å². The molecule has 0 fully saturated rings. The molecule has 0 saturated carbocycles. The second-order valence-corrected chi connectivity index (χ2v) is 3.79. The van der Waals surface area contributed by atoms with Crippen LogP contribution in [0.5, 0.6) is 0 Å². The summed E-state index contributed by atoms with van der Waals surface area (Å²) in [5.41, 5.74) is 1.62. The zero-order chi connectivity index (χ0) is 11.7. The topological polar surface area (TPSA) is 66.0 Å². The molecule has 1 aromatic heterocycles. The van der Waals surface area contributed by atoms with Crippen LogP contribution in [0.3, 0.4) is 0 Å². The number of benzene rings is 1. The minimum Gasteiger partial charge on any atom is -0.478 e. The molecule has 0 aliphatic heterocycles. The molecule has 0 radical (unpaired) electrons. The second-order valence-electron chi connectivity index (χ2n) is 3.38. The van der Waals surface area contributed by atoms with Crippen molar-refractivity contribution in [1.82, 2.24) is 9.97 Å². The first-order valence-electron chi connectivity index (χ1n) is 4.63. The number of nitrogens with zero attached hydrogens (tertiary/aromatic N) is 1. The van der Waals surface area contributed by atoms with Crippen LogP contribution in [0.4, 0.5) is 0 Å². The molecule has 16 heavy (non-hydrogen) atoms. The average molecular weight is 237 g/mol. The largest absolute Gasteiger partial charge is 0.478 e. The molecule has 5 heteroatoms. The van der Waals surface area contributed by atoms with Gasteiger partial charge < -0.3 is 10.1 Å². The molecule has 4 nitrogen and oxygen atoms in total. The van der Waals surface area contributed by atoms with E-state index in [4.69, 9.17) is 16.7 Å². The molecule has 1 aromatic carbocycles. The Morgan fingerprint density at radius 3 is 2.81 bits per heavy atom. The minimum absolute atomic E-state index is 0.0893. The molecule has 0 spiro atoms.